The van der Waals surface area contributed by atoms with Crippen molar-refractivity contribution in [3.8, 4) is 0 Å². The minimum atomic E-state index is -4.39. The normalized spacial score (nSPS) is 15.4. The van der Waals surface area contributed by atoms with E-state index in [0.717, 1.165) is 17.5 Å². The second-order valence-electron chi connectivity index (χ2n) is 4.44. The lowest BCUT2D eigenvalue weighted by molar-refractivity contribution is -0.137. The number of anilines is 1. The number of H-pyrrole nitrogens is 1. The van der Waals surface area contributed by atoms with Crippen LogP contribution in [0.1, 0.15) is 16.8 Å². The number of rotatable bonds is 1. The number of nitrogens with zero attached hydrogens (tertiary/aromatic N) is 3. The van der Waals surface area contributed by atoms with Gasteiger partial charge in [-0.25, -0.2) is 0 Å². The van der Waals surface area contributed by atoms with Gasteiger partial charge < -0.3 is 4.90 Å². The number of halogens is 3. The predicted octanol–water partition coefficient (Wildman–Crippen LogP) is 2.39. The summed E-state index contributed by atoms with van der Waals surface area (Å²) >= 11 is 0. The van der Waals surface area contributed by atoms with Crippen LogP contribution in [0.15, 0.2) is 24.7 Å². The first-order valence-corrected chi connectivity index (χ1v) is 5.83. The molecule has 100 valence electrons. The third-order valence-corrected chi connectivity index (χ3v) is 3.24. The number of hydrogen-bond acceptors (Lipinski definition) is 3. The van der Waals surface area contributed by atoms with Crippen molar-refractivity contribution in [3.63, 3.8) is 0 Å². The minimum Gasteiger partial charge on any atom is -0.366 e. The summed E-state index contributed by atoms with van der Waals surface area (Å²) in [6, 6.07) is 1.41. The molecular weight excluding hydrogens is 257 g/mol. The molecular formula is C12H11F3N4. The lowest BCUT2D eigenvalue weighted by Gasteiger charge is -2.30. The van der Waals surface area contributed by atoms with Gasteiger partial charge in [-0.15, -0.1) is 0 Å². The number of pyridine rings is 1. The summed E-state index contributed by atoms with van der Waals surface area (Å²) in [5.41, 5.74) is 1.42. The van der Waals surface area contributed by atoms with Crippen LogP contribution >= 0.6 is 0 Å². The van der Waals surface area contributed by atoms with Gasteiger partial charge in [0.05, 0.1) is 17.4 Å². The van der Waals surface area contributed by atoms with Crippen LogP contribution in [-0.4, -0.2) is 21.7 Å². The van der Waals surface area contributed by atoms with Gasteiger partial charge >= 0.3 is 6.18 Å². The van der Waals surface area contributed by atoms with Gasteiger partial charge in [-0.2, -0.15) is 18.3 Å². The minimum absolute atomic E-state index is 0.175. The third kappa shape index (κ3) is 2.16. The molecule has 1 aliphatic rings. The van der Waals surface area contributed by atoms with Crippen molar-refractivity contribution in [1.82, 2.24) is 15.2 Å². The SMILES string of the molecule is FC(F)(F)c1cnccc1N1CCc2[nH]ncc2C1. The van der Waals surface area contributed by atoms with E-state index in [1.54, 1.807) is 11.1 Å². The molecule has 0 spiro atoms. The average molecular weight is 268 g/mol. The zero-order valence-corrected chi connectivity index (χ0v) is 9.91. The monoisotopic (exact) mass is 268 g/mol. The number of aromatic amines is 1. The maximum Gasteiger partial charge on any atom is 0.419 e. The van der Waals surface area contributed by atoms with E-state index in [0.29, 0.717) is 19.5 Å². The zero-order chi connectivity index (χ0) is 13.5. The van der Waals surface area contributed by atoms with Crippen LogP contribution in [0.3, 0.4) is 0 Å². The molecule has 2 aromatic heterocycles. The third-order valence-electron chi connectivity index (χ3n) is 3.24. The van der Waals surface area contributed by atoms with Gasteiger partial charge in [0.2, 0.25) is 0 Å². The number of hydrogen-bond donors (Lipinski definition) is 1. The van der Waals surface area contributed by atoms with Crippen molar-refractivity contribution in [2.24, 2.45) is 0 Å². The standard InChI is InChI=1S/C12H11F3N4/c13-12(14,15)9-6-16-3-1-11(9)19-4-2-10-8(7-19)5-17-18-10/h1,3,5-6H,2,4,7H2,(H,17,18). The highest BCUT2D eigenvalue weighted by Gasteiger charge is 2.35. The molecule has 1 N–H and O–H groups in total. The topological polar surface area (TPSA) is 44.8 Å². The van der Waals surface area contributed by atoms with Gasteiger partial charge in [-0.1, -0.05) is 0 Å². The predicted molar refractivity (Wildman–Crippen MR) is 62.6 cm³/mol. The summed E-state index contributed by atoms with van der Waals surface area (Å²) in [5, 5.41) is 6.78. The van der Waals surface area contributed by atoms with E-state index in [-0.39, 0.29) is 5.69 Å². The van der Waals surface area contributed by atoms with Gasteiger partial charge in [0, 0.05) is 43.2 Å². The summed E-state index contributed by atoms with van der Waals surface area (Å²) in [7, 11) is 0. The molecule has 0 unspecified atom stereocenters. The second kappa shape index (κ2) is 4.25. The Kier molecular flexibility index (Phi) is 2.69. The molecule has 2 aromatic rings. The Labute approximate surface area is 107 Å². The summed E-state index contributed by atoms with van der Waals surface area (Å²) in [6.07, 6.45) is 0.195. The molecule has 4 nitrogen and oxygen atoms in total. The molecule has 3 heterocycles. The lowest BCUT2D eigenvalue weighted by Crippen LogP contribution is -2.31. The smallest absolute Gasteiger partial charge is 0.366 e. The molecule has 1 aliphatic heterocycles. The van der Waals surface area contributed by atoms with Crippen molar-refractivity contribution < 1.29 is 13.2 Å². The van der Waals surface area contributed by atoms with Crippen LogP contribution in [-0.2, 0) is 19.1 Å². The number of aromatic nitrogens is 3. The Hall–Kier alpha value is -2.05. The van der Waals surface area contributed by atoms with Gasteiger partial charge in [0.25, 0.3) is 0 Å². The molecule has 0 atom stereocenters. The van der Waals surface area contributed by atoms with E-state index in [9.17, 15) is 13.2 Å². The number of alkyl halides is 3. The molecule has 0 bridgehead atoms. The fourth-order valence-electron chi connectivity index (χ4n) is 2.31. The molecule has 3 rings (SSSR count). The van der Waals surface area contributed by atoms with Gasteiger partial charge in [-0.3, -0.25) is 10.1 Å². The van der Waals surface area contributed by atoms with E-state index in [1.807, 2.05) is 0 Å². The Morgan fingerprint density at radius 2 is 2.11 bits per heavy atom. The van der Waals surface area contributed by atoms with Crippen LogP contribution in [0.5, 0.6) is 0 Å². The summed E-state index contributed by atoms with van der Waals surface area (Å²) in [6.45, 7) is 0.960. The van der Waals surface area contributed by atoms with E-state index in [2.05, 4.69) is 15.2 Å². The van der Waals surface area contributed by atoms with E-state index < -0.39 is 11.7 Å². The Balaban J connectivity index is 1.96. The maximum atomic E-state index is 13.0. The van der Waals surface area contributed by atoms with Crippen molar-refractivity contribution in [2.45, 2.75) is 19.1 Å². The molecule has 7 heteroatoms. The van der Waals surface area contributed by atoms with Crippen molar-refractivity contribution in [1.29, 1.82) is 0 Å². The molecule has 0 fully saturated rings. The summed E-state index contributed by atoms with van der Waals surface area (Å²) in [5.74, 6) is 0. The van der Waals surface area contributed by atoms with Crippen LogP contribution < -0.4 is 4.90 Å². The Morgan fingerprint density at radius 1 is 1.26 bits per heavy atom. The first-order valence-electron chi connectivity index (χ1n) is 5.83. The van der Waals surface area contributed by atoms with E-state index in [4.69, 9.17) is 0 Å². The highest BCUT2D eigenvalue weighted by atomic mass is 19.4. The molecule has 19 heavy (non-hydrogen) atoms. The quantitative estimate of drug-likeness (QED) is 0.863. The van der Waals surface area contributed by atoms with Gasteiger partial charge in [0.1, 0.15) is 0 Å². The van der Waals surface area contributed by atoms with Crippen LogP contribution in [0.4, 0.5) is 18.9 Å². The summed E-state index contributed by atoms with van der Waals surface area (Å²) < 4.78 is 38.9. The highest BCUT2D eigenvalue weighted by Crippen LogP contribution is 2.37. The molecule has 0 aliphatic carbocycles. The number of fused-ring (bicyclic) bond motifs is 1. The molecule has 0 saturated heterocycles. The first-order chi connectivity index (χ1) is 9.05. The number of nitrogens with one attached hydrogen (secondary N) is 1. The van der Waals surface area contributed by atoms with Crippen LogP contribution in [0.25, 0.3) is 0 Å². The van der Waals surface area contributed by atoms with Gasteiger partial charge in [-0.05, 0) is 6.07 Å². The van der Waals surface area contributed by atoms with Crippen LogP contribution in [0.2, 0.25) is 0 Å². The summed E-state index contributed by atoms with van der Waals surface area (Å²) in [4.78, 5) is 5.29. The maximum absolute atomic E-state index is 13.0. The van der Waals surface area contributed by atoms with Crippen molar-refractivity contribution in [3.05, 3.63) is 41.5 Å². The Bertz CT molecular complexity index is 591. The zero-order valence-electron chi connectivity index (χ0n) is 9.91. The van der Waals surface area contributed by atoms with E-state index in [1.165, 1.54) is 12.3 Å². The molecule has 0 aromatic carbocycles. The van der Waals surface area contributed by atoms with Crippen LogP contribution in [0, 0.1) is 0 Å². The lowest BCUT2D eigenvalue weighted by atomic mass is 10.1. The fourth-order valence-corrected chi connectivity index (χ4v) is 2.31. The molecule has 0 amide bonds. The van der Waals surface area contributed by atoms with Crippen molar-refractivity contribution in [2.75, 3.05) is 11.4 Å². The van der Waals surface area contributed by atoms with E-state index >= 15 is 0 Å². The fraction of sp³-hybridized carbons (Fsp3) is 0.333. The first kappa shape index (κ1) is 12.0. The van der Waals surface area contributed by atoms with Crippen molar-refractivity contribution >= 4 is 5.69 Å². The molecule has 0 radical (unpaired) electrons. The molecule has 0 saturated carbocycles. The average Bonchev–Trinajstić information content (AvgIpc) is 2.85. The second-order valence-corrected chi connectivity index (χ2v) is 4.44. The van der Waals surface area contributed by atoms with Gasteiger partial charge in [0.15, 0.2) is 0 Å². The largest absolute Gasteiger partial charge is 0.419 e. The highest BCUT2D eigenvalue weighted by molar-refractivity contribution is 5.55. The Morgan fingerprint density at radius 3 is 2.89 bits per heavy atom.